The fourth-order valence-corrected chi connectivity index (χ4v) is 4.10. The molecule has 175 valence electrons. The molecule has 0 saturated heterocycles. The normalized spacial score (nSPS) is 10.5. The maximum atomic E-state index is 12.3. The van der Waals surface area contributed by atoms with Gasteiger partial charge in [-0.25, -0.2) is 4.98 Å². The third-order valence-corrected chi connectivity index (χ3v) is 5.83. The van der Waals surface area contributed by atoms with Crippen molar-refractivity contribution < 1.29 is 19.5 Å². The zero-order chi connectivity index (χ0) is 24.8. The monoisotopic (exact) mass is 486 g/mol. The van der Waals surface area contributed by atoms with Crippen molar-refractivity contribution in [3.63, 3.8) is 0 Å². The van der Waals surface area contributed by atoms with Crippen LogP contribution in [0.5, 0.6) is 0 Å². The molecular formula is C24H21BN5O4S. The highest BCUT2D eigenvalue weighted by atomic mass is 32.1. The Labute approximate surface area is 206 Å². The molecule has 4 rings (SSSR count). The molecule has 1 aromatic carbocycles. The summed E-state index contributed by atoms with van der Waals surface area (Å²) in [5, 5.41) is 16.6. The van der Waals surface area contributed by atoms with Crippen LogP contribution in [0, 0.1) is 0 Å². The van der Waals surface area contributed by atoms with E-state index in [2.05, 4.69) is 20.6 Å². The minimum atomic E-state index is -0.936. The van der Waals surface area contributed by atoms with E-state index in [4.69, 9.17) is 5.11 Å². The standard InChI is InChI=1S/C24H21BN5O4S/c1-25-30-8-6-18(13-30)23(34)27-12-21(31)29-24-28-20(14-35-24)17-4-2-3-15(9-17)16-5-7-26-19(10-16)11-22(32)33/h2-10,13-14H,11-12H2,1H3,(H,27,34)(H,32,33)(H,28,29,31). The molecular weight excluding hydrogens is 465 g/mol. The molecule has 0 saturated carbocycles. The van der Waals surface area contributed by atoms with Gasteiger partial charge in [0.1, 0.15) is 0 Å². The molecule has 0 atom stereocenters. The van der Waals surface area contributed by atoms with Crippen LogP contribution in [-0.4, -0.2) is 51.3 Å². The summed E-state index contributed by atoms with van der Waals surface area (Å²) in [6.45, 7) is 1.68. The van der Waals surface area contributed by atoms with Gasteiger partial charge in [0.05, 0.1) is 29.9 Å². The molecule has 0 aliphatic carbocycles. The number of carbonyl (C=O) groups excluding carboxylic acids is 2. The van der Waals surface area contributed by atoms with Crippen molar-refractivity contribution in [1.29, 1.82) is 0 Å². The maximum Gasteiger partial charge on any atom is 0.309 e. The molecule has 11 heteroatoms. The van der Waals surface area contributed by atoms with Gasteiger partial charge < -0.3 is 20.2 Å². The van der Waals surface area contributed by atoms with Gasteiger partial charge in [0.2, 0.25) is 13.3 Å². The molecule has 1 radical (unpaired) electrons. The second-order valence-corrected chi connectivity index (χ2v) is 8.42. The number of benzene rings is 1. The third kappa shape index (κ3) is 6.21. The van der Waals surface area contributed by atoms with E-state index in [1.807, 2.05) is 49.9 Å². The number of carbonyl (C=O) groups is 3. The molecule has 0 unspecified atom stereocenters. The van der Waals surface area contributed by atoms with E-state index in [-0.39, 0.29) is 24.8 Å². The SMILES string of the molecule is C[B]n1ccc(C(=O)NCC(=O)Nc2nc(-c3cccc(-c4ccnc(CC(=O)O)c4)c3)cs2)c1. The minimum absolute atomic E-state index is 0.146. The Hall–Kier alpha value is -4.25. The average molecular weight is 486 g/mol. The fourth-order valence-electron chi connectivity index (χ4n) is 3.37. The number of hydrogen-bond acceptors (Lipinski definition) is 6. The first kappa shape index (κ1) is 23.9. The van der Waals surface area contributed by atoms with Gasteiger partial charge in [-0.2, -0.15) is 0 Å². The lowest BCUT2D eigenvalue weighted by Crippen LogP contribution is -2.32. The van der Waals surface area contributed by atoms with Crippen LogP contribution >= 0.6 is 11.3 Å². The zero-order valence-corrected chi connectivity index (χ0v) is 19.6. The summed E-state index contributed by atoms with van der Waals surface area (Å²) in [7, 11) is 1.81. The van der Waals surface area contributed by atoms with Crippen LogP contribution in [-0.2, 0) is 16.0 Å². The van der Waals surface area contributed by atoms with Gasteiger partial charge in [-0.1, -0.05) is 25.0 Å². The number of aromatic nitrogens is 3. The van der Waals surface area contributed by atoms with E-state index >= 15 is 0 Å². The Morgan fingerprint density at radius 2 is 1.91 bits per heavy atom. The Kier molecular flexibility index (Phi) is 7.37. The number of carboxylic acid groups (broad SMARTS) is 1. The minimum Gasteiger partial charge on any atom is -0.481 e. The molecule has 4 aromatic rings. The van der Waals surface area contributed by atoms with Gasteiger partial charge in [-0.05, 0) is 41.6 Å². The molecule has 0 aliphatic rings. The van der Waals surface area contributed by atoms with Crippen LogP contribution in [0.15, 0.2) is 66.4 Å². The molecule has 0 aliphatic heterocycles. The Bertz CT molecular complexity index is 1380. The second-order valence-electron chi connectivity index (χ2n) is 7.56. The first-order valence-electron chi connectivity index (χ1n) is 10.7. The maximum absolute atomic E-state index is 12.3. The van der Waals surface area contributed by atoms with Crippen molar-refractivity contribution in [2.75, 3.05) is 11.9 Å². The Morgan fingerprint density at radius 1 is 1.11 bits per heavy atom. The summed E-state index contributed by atoms with van der Waals surface area (Å²) in [5.74, 6) is -1.65. The Morgan fingerprint density at radius 3 is 2.69 bits per heavy atom. The number of nitrogens with one attached hydrogen (secondary N) is 2. The van der Waals surface area contributed by atoms with Crippen LogP contribution in [0.3, 0.4) is 0 Å². The predicted octanol–water partition coefficient (Wildman–Crippen LogP) is 3.18. The quantitative estimate of drug-likeness (QED) is 0.312. The first-order valence-corrected chi connectivity index (χ1v) is 11.6. The largest absolute Gasteiger partial charge is 0.481 e. The van der Waals surface area contributed by atoms with Crippen molar-refractivity contribution >= 4 is 41.7 Å². The van der Waals surface area contributed by atoms with Crippen molar-refractivity contribution in [3.05, 3.63) is 77.7 Å². The van der Waals surface area contributed by atoms with Crippen molar-refractivity contribution in [2.24, 2.45) is 0 Å². The molecule has 3 N–H and O–H groups in total. The lowest BCUT2D eigenvalue weighted by Gasteiger charge is -2.06. The van der Waals surface area contributed by atoms with E-state index in [9.17, 15) is 14.4 Å². The van der Waals surface area contributed by atoms with Gasteiger partial charge in [0, 0.05) is 23.3 Å². The smallest absolute Gasteiger partial charge is 0.309 e. The lowest BCUT2D eigenvalue weighted by molar-refractivity contribution is -0.136. The lowest BCUT2D eigenvalue weighted by atomic mass is 10.0. The summed E-state index contributed by atoms with van der Waals surface area (Å²) in [6, 6.07) is 12.9. The third-order valence-electron chi connectivity index (χ3n) is 5.08. The van der Waals surface area contributed by atoms with E-state index in [0.29, 0.717) is 22.1 Å². The van der Waals surface area contributed by atoms with E-state index in [0.717, 1.165) is 16.7 Å². The second kappa shape index (κ2) is 10.8. The molecule has 3 heterocycles. The summed E-state index contributed by atoms with van der Waals surface area (Å²) >= 11 is 1.28. The number of amides is 2. The topological polar surface area (TPSA) is 126 Å². The molecule has 0 bridgehead atoms. The summed E-state index contributed by atoms with van der Waals surface area (Å²) in [5.41, 5.74) is 4.23. The number of aliphatic carboxylic acids is 1. The van der Waals surface area contributed by atoms with Crippen molar-refractivity contribution in [2.45, 2.75) is 13.2 Å². The van der Waals surface area contributed by atoms with E-state index < -0.39 is 5.97 Å². The highest BCUT2D eigenvalue weighted by molar-refractivity contribution is 7.14. The molecule has 9 nitrogen and oxygen atoms in total. The van der Waals surface area contributed by atoms with Crippen molar-refractivity contribution in [3.8, 4) is 22.4 Å². The van der Waals surface area contributed by atoms with E-state index in [1.54, 1.807) is 35.2 Å². The van der Waals surface area contributed by atoms with Crippen LogP contribution in [0.1, 0.15) is 16.1 Å². The van der Waals surface area contributed by atoms with Gasteiger partial charge in [0.25, 0.3) is 5.91 Å². The zero-order valence-electron chi connectivity index (χ0n) is 18.8. The molecule has 3 aromatic heterocycles. The molecule has 0 fully saturated rings. The molecule has 35 heavy (non-hydrogen) atoms. The summed E-state index contributed by atoms with van der Waals surface area (Å²) < 4.78 is 1.75. The summed E-state index contributed by atoms with van der Waals surface area (Å²) in [4.78, 5) is 44.0. The number of rotatable bonds is 9. The highest BCUT2D eigenvalue weighted by Gasteiger charge is 2.12. The number of thiazole rings is 1. The van der Waals surface area contributed by atoms with Gasteiger partial charge >= 0.3 is 5.97 Å². The van der Waals surface area contributed by atoms with Crippen LogP contribution in [0.2, 0.25) is 6.82 Å². The van der Waals surface area contributed by atoms with Gasteiger partial charge in [0.15, 0.2) is 5.13 Å². The van der Waals surface area contributed by atoms with Crippen LogP contribution in [0.4, 0.5) is 5.13 Å². The number of anilines is 1. The fraction of sp³-hybridized carbons (Fsp3) is 0.125. The Balaban J connectivity index is 1.39. The number of pyridine rings is 1. The van der Waals surface area contributed by atoms with E-state index in [1.165, 1.54) is 11.3 Å². The van der Waals surface area contributed by atoms with Crippen LogP contribution < -0.4 is 10.6 Å². The van der Waals surface area contributed by atoms with Gasteiger partial charge in [-0.3, -0.25) is 19.4 Å². The molecule has 0 spiro atoms. The highest BCUT2D eigenvalue weighted by Crippen LogP contribution is 2.29. The molecule has 2 amide bonds. The van der Waals surface area contributed by atoms with Crippen molar-refractivity contribution in [1.82, 2.24) is 19.8 Å². The number of carboxylic acids is 1. The summed E-state index contributed by atoms with van der Waals surface area (Å²) in [6.07, 6.45) is 4.87. The number of hydrogen-bond donors (Lipinski definition) is 3. The van der Waals surface area contributed by atoms with Gasteiger partial charge in [-0.15, -0.1) is 11.3 Å². The predicted molar refractivity (Wildman–Crippen MR) is 135 cm³/mol. The number of nitrogens with zero attached hydrogens (tertiary/aromatic N) is 3. The first-order chi connectivity index (χ1) is 16.9. The average Bonchev–Trinajstić information content (AvgIpc) is 3.52. The van der Waals surface area contributed by atoms with Crippen LogP contribution in [0.25, 0.3) is 22.4 Å².